The summed E-state index contributed by atoms with van der Waals surface area (Å²) in [7, 11) is 0. The van der Waals surface area contributed by atoms with Gasteiger partial charge in [-0.15, -0.1) is 0 Å². The lowest BCUT2D eigenvalue weighted by Crippen LogP contribution is -2.42. The number of hydrogen-bond donors (Lipinski definition) is 2. The van der Waals surface area contributed by atoms with Crippen LogP contribution in [-0.2, 0) is 17.9 Å². The third-order valence-electron chi connectivity index (χ3n) is 5.11. The number of aromatic amines is 1. The molecule has 0 atom stereocenters. The van der Waals surface area contributed by atoms with Crippen LogP contribution < -0.4 is 26.6 Å². The average molecular weight is 467 g/mol. The van der Waals surface area contributed by atoms with Crippen LogP contribution in [0.25, 0.3) is 0 Å². The van der Waals surface area contributed by atoms with Crippen molar-refractivity contribution in [3.05, 3.63) is 91.1 Å². The van der Waals surface area contributed by atoms with Crippen molar-refractivity contribution >= 4 is 23.1 Å². The summed E-state index contributed by atoms with van der Waals surface area (Å²) in [6, 6.07) is 14.2. The highest BCUT2D eigenvalue weighted by atomic mass is 16.6. The summed E-state index contributed by atoms with van der Waals surface area (Å²) in [5.74, 6) is -0.449. The molecule has 0 spiro atoms. The Kier molecular flexibility index (Phi) is 7.80. The van der Waals surface area contributed by atoms with Gasteiger partial charge >= 0.3 is 5.69 Å². The van der Waals surface area contributed by atoms with Crippen molar-refractivity contribution < 1.29 is 14.5 Å². The van der Waals surface area contributed by atoms with E-state index in [4.69, 9.17) is 10.5 Å². The van der Waals surface area contributed by atoms with Crippen LogP contribution in [0.3, 0.4) is 0 Å². The number of nitrogens with one attached hydrogen (secondary N) is 1. The summed E-state index contributed by atoms with van der Waals surface area (Å²) in [6.07, 6.45) is 1.46. The Hall–Kier alpha value is -4.41. The van der Waals surface area contributed by atoms with E-state index in [2.05, 4.69) is 4.98 Å². The van der Waals surface area contributed by atoms with E-state index in [9.17, 15) is 24.5 Å². The average Bonchev–Trinajstić information content (AvgIpc) is 2.82. The number of rotatable bonds is 10. The number of benzene rings is 2. The van der Waals surface area contributed by atoms with E-state index in [0.29, 0.717) is 6.42 Å². The van der Waals surface area contributed by atoms with Gasteiger partial charge in [-0.1, -0.05) is 43.7 Å². The number of nitrogens with zero attached hydrogens (tertiary/aromatic N) is 3. The van der Waals surface area contributed by atoms with Crippen LogP contribution in [0.15, 0.2) is 64.2 Å². The maximum atomic E-state index is 13.2. The third-order valence-corrected chi connectivity index (χ3v) is 5.11. The number of aromatic nitrogens is 2. The number of nitro groups is 1. The van der Waals surface area contributed by atoms with Crippen LogP contribution in [0, 0.1) is 10.1 Å². The summed E-state index contributed by atoms with van der Waals surface area (Å²) in [4.78, 5) is 52.0. The molecule has 0 radical (unpaired) electrons. The molecule has 0 aliphatic rings. The second-order valence-electron chi connectivity index (χ2n) is 7.50. The lowest BCUT2D eigenvalue weighted by molar-refractivity contribution is -0.384. The highest BCUT2D eigenvalue weighted by molar-refractivity contribution is 5.96. The molecule has 0 unspecified atom stereocenters. The highest BCUT2D eigenvalue weighted by Crippen LogP contribution is 2.21. The first kappa shape index (κ1) is 24.2. The van der Waals surface area contributed by atoms with E-state index in [0.717, 1.165) is 12.0 Å². The van der Waals surface area contributed by atoms with Gasteiger partial charge in [0.15, 0.2) is 12.3 Å². The van der Waals surface area contributed by atoms with Crippen molar-refractivity contribution in [2.24, 2.45) is 0 Å². The maximum Gasteiger partial charge on any atom is 0.330 e. The zero-order chi connectivity index (χ0) is 24.7. The van der Waals surface area contributed by atoms with E-state index < -0.39 is 28.7 Å². The zero-order valence-electron chi connectivity index (χ0n) is 18.6. The van der Waals surface area contributed by atoms with Crippen LogP contribution in [-0.4, -0.2) is 27.0 Å². The Morgan fingerprint density at radius 1 is 1.15 bits per heavy atom. The first-order valence-electron chi connectivity index (χ1n) is 10.7. The fourth-order valence-corrected chi connectivity index (χ4v) is 3.32. The second kappa shape index (κ2) is 10.9. The molecular formula is C23H25N5O6. The molecule has 11 heteroatoms. The van der Waals surface area contributed by atoms with Crippen LogP contribution in [0.2, 0.25) is 0 Å². The topological polar surface area (TPSA) is 154 Å². The van der Waals surface area contributed by atoms with Gasteiger partial charge in [-0.3, -0.25) is 34.2 Å². The van der Waals surface area contributed by atoms with Gasteiger partial charge in [-0.25, -0.2) is 4.79 Å². The number of amides is 1. The molecule has 3 rings (SSSR count). The number of nitro benzene ring substituents is 1. The molecule has 0 aliphatic carbocycles. The molecule has 3 N–H and O–H groups in total. The minimum Gasteiger partial charge on any atom is -0.484 e. The molecule has 2 aromatic carbocycles. The molecule has 0 bridgehead atoms. The van der Waals surface area contributed by atoms with Gasteiger partial charge in [0, 0.05) is 18.7 Å². The minimum atomic E-state index is -0.783. The molecule has 0 saturated carbocycles. The van der Waals surface area contributed by atoms with Gasteiger partial charge in [0.2, 0.25) is 0 Å². The number of nitrogen functional groups attached to an aromatic ring is 1. The number of unbranched alkanes of at least 4 members (excludes halogenated alkanes) is 1. The Morgan fingerprint density at radius 2 is 1.82 bits per heavy atom. The van der Waals surface area contributed by atoms with Crippen LogP contribution in [0.1, 0.15) is 25.3 Å². The van der Waals surface area contributed by atoms with Gasteiger partial charge < -0.3 is 10.5 Å². The SMILES string of the molecule is CCCCn1c(N)c(N(Cc2ccccc2)C(=O)COc2ccc([N+](=O)[O-])cc2)c(=O)[nH]c1=O. The molecular weight excluding hydrogens is 442 g/mol. The first-order chi connectivity index (χ1) is 16.3. The van der Waals surface area contributed by atoms with Crippen LogP contribution in [0.4, 0.5) is 17.2 Å². The normalized spacial score (nSPS) is 10.6. The van der Waals surface area contributed by atoms with Crippen molar-refractivity contribution in [2.75, 3.05) is 17.2 Å². The largest absolute Gasteiger partial charge is 0.484 e. The number of non-ortho nitro benzene ring substituents is 1. The number of ether oxygens (including phenoxy) is 1. The number of H-pyrrole nitrogens is 1. The summed E-state index contributed by atoms with van der Waals surface area (Å²) in [5.41, 5.74) is 5.27. The fraction of sp³-hybridized carbons (Fsp3) is 0.261. The van der Waals surface area contributed by atoms with Gasteiger partial charge in [0.1, 0.15) is 11.6 Å². The molecule has 1 amide bonds. The molecule has 11 nitrogen and oxygen atoms in total. The van der Waals surface area contributed by atoms with Crippen LogP contribution >= 0.6 is 0 Å². The quantitative estimate of drug-likeness (QED) is 0.343. The van der Waals surface area contributed by atoms with Crippen molar-refractivity contribution in [3.8, 4) is 5.75 Å². The van der Waals surface area contributed by atoms with Gasteiger partial charge in [-0.05, 0) is 24.1 Å². The maximum absolute atomic E-state index is 13.2. The number of nitrogens with two attached hydrogens (primary N) is 1. The molecule has 3 aromatic rings. The zero-order valence-corrected chi connectivity index (χ0v) is 18.6. The second-order valence-corrected chi connectivity index (χ2v) is 7.50. The van der Waals surface area contributed by atoms with E-state index in [1.807, 2.05) is 13.0 Å². The van der Waals surface area contributed by atoms with E-state index in [-0.39, 0.29) is 36.0 Å². The van der Waals surface area contributed by atoms with Crippen molar-refractivity contribution in [2.45, 2.75) is 32.9 Å². The molecule has 0 aliphatic heterocycles. The number of anilines is 2. The first-order valence-corrected chi connectivity index (χ1v) is 10.7. The van der Waals surface area contributed by atoms with Gasteiger partial charge in [0.05, 0.1) is 11.5 Å². The molecule has 0 fully saturated rings. The number of carbonyl (C=O) groups is 1. The summed E-state index contributed by atoms with van der Waals surface area (Å²) in [5, 5.41) is 10.8. The lowest BCUT2D eigenvalue weighted by Gasteiger charge is -2.24. The number of hydrogen-bond acceptors (Lipinski definition) is 7. The van der Waals surface area contributed by atoms with Crippen molar-refractivity contribution in [1.82, 2.24) is 9.55 Å². The van der Waals surface area contributed by atoms with E-state index in [1.54, 1.807) is 24.3 Å². The summed E-state index contributed by atoms with van der Waals surface area (Å²) in [6.45, 7) is 1.80. The Bertz CT molecular complexity index is 1270. The predicted molar refractivity (Wildman–Crippen MR) is 127 cm³/mol. The van der Waals surface area contributed by atoms with E-state index >= 15 is 0 Å². The van der Waals surface area contributed by atoms with Crippen LogP contribution in [0.5, 0.6) is 5.75 Å². The molecule has 1 aromatic heterocycles. The summed E-state index contributed by atoms with van der Waals surface area (Å²) < 4.78 is 6.74. The van der Waals surface area contributed by atoms with Crippen molar-refractivity contribution in [1.29, 1.82) is 0 Å². The third kappa shape index (κ3) is 5.68. The highest BCUT2D eigenvalue weighted by Gasteiger charge is 2.25. The molecule has 34 heavy (non-hydrogen) atoms. The Labute approximate surface area is 194 Å². The predicted octanol–water partition coefficient (Wildman–Crippen LogP) is 2.44. The summed E-state index contributed by atoms with van der Waals surface area (Å²) >= 11 is 0. The van der Waals surface area contributed by atoms with Gasteiger partial charge in [-0.2, -0.15) is 0 Å². The Morgan fingerprint density at radius 3 is 2.44 bits per heavy atom. The van der Waals surface area contributed by atoms with Gasteiger partial charge in [0.25, 0.3) is 17.2 Å². The molecule has 1 heterocycles. The number of carbonyl (C=O) groups excluding carboxylic acids is 1. The van der Waals surface area contributed by atoms with Crippen molar-refractivity contribution in [3.63, 3.8) is 0 Å². The monoisotopic (exact) mass is 467 g/mol. The molecule has 178 valence electrons. The molecule has 0 saturated heterocycles. The lowest BCUT2D eigenvalue weighted by atomic mass is 10.2. The Balaban J connectivity index is 1.94. The minimum absolute atomic E-state index is 0.0164. The standard InChI is InChI=1S/C23H25N5O6/c1-2-3-13-26-21(24)20(22(30)25-23(26)31)27(14-16-7-5-4-6-8-16)19(29)15-34-18-11-9-17(10-12-18)28(32)33/h4-12H,2-3,13-15,24H2,1H3,(H,25,30,31). The fourth-order valence-electron chi connectivity index (χ4n) is 3.32. The smallest absolute Gasteiger partial charge is 0.330 e. The van der Waals surface area contributed by atoms with E-state index in [1.165, 1.54) is 33.7 Å².